The van der Waals surface area contributed by atoms with Crippen molar-refractivity contribution in [2.24, 2.45) is 0 Å². The van der Waals surface area contributed by atoms with Gasteiger partial charge < -0.3 is 4.57 Å². The third kappa shape index (κ3) is 2.48. The standard InChI is InChI=1S/C15H18ClFN2/c16-9-8-15-18-13-10-11(17)6-7-14(13)19(15)12-4-2-1-3-5-12/h6-7,10,12H,1-5,8-9H2. The molecule has 1 saturated carbocycles. The van der Waals surface area contributed by atoms with Crippen molar-refractivity contribution in [3.05, 3.63) is 29.8 Å². The Kier molecular flexibility index (Phi) is 3.74. The summed E-state index contributed by atoms with van der Waals surface area (Å²) in [6.45, 7) is 0. The van der Waals surface area contributed by atoms with Crippen molar-refractivity contribution in [2.45, 2.75) is 44.6 Å². The van der Waals surface area contributed by atoms with E-state index in [4.69, 9.17) is 11.6 Å². The maximum absolute atomic E-state index is 13.3. The molecule has 0 saturated heterocycles. The molecule has 1 aromatic heterocycles. The van der Waals surface area contributed by atoms with E-state index in [1.165, 1.54) is 44.2 Å². The number of halogens is 2. The summed E-state index contributed by atoms with van der Waals surface area (Å²) in [5, 5.41) is 0. The molecule has 0 spiro atoms. The molecule has 1 aromatic carbocycles. The SMILES string of the molecule is Fc1ccc2c(c1)nc(CCCl)n2C1CCCCC1. The van der Waals surface area contributed by atoms with E-state index in [-0.39, 0.29) is 5.82 Å². The van der Waals surface area contributed by atoms with Gasteiger partial charge in [0.25, 0.3) is 0 Å². The van der Waals surface area contributed by atoms with Crippen molar-refractivity contribution in [2.75, 3.05) is 5.88 Å². The topological polar surface area (TPSA) is 17.8 Å². The maximum atomic E-state index is 13.3. The van der Waals surface area contributed by atoms with Gasteiger partial charge in [-0.2, -0.15) is 0 Å². The summed E-state index contributed by atoms with van der Waals surface area (Å²) in [6.07, 6.45) is 6.99. The summed E-state index contributed by atoms with van der Waals surface area (Å²) in [4.78, 5) is 4.58. The van der Waals surface area contributed by atoms with Gasteiger partial charge in [0.15, 0.2) is 0 Å². The monoisotopic (exact) mass is 280 g/mol. The molecular weight excluding hydrogens is 263 g/mol. The molecule has 1 aliphatic rings. The second-order valence-corrected chi connectivity index (χ2v) is 5.64. The van der Waals surface area contributed by atoms with Crippen LogP contribution in [0.15, 0.2) is 18.2 Å². The molecule has 0 N–H and O–H groups in total. The average molecular weight is 281 g/mol. The number of aromatic nitrogens is 2. The normalized spacial score (nSPS) is 17.2. The highest BCUT2D eigenvalue weighted by Gasteiger charge is 2.21. The second kappa shape index (κ2) is 5.49. The van der Waals surface area contributed by atoms with Crippen molar-refractivity contribution < 1.29 is 4.39 Å². The van der Waals surface area contributed by atoms with Crippen molar-refractivity contribution in [1.29, 1.82) is 0 Å². The van der Waals surface area contributed by atoms with Crippen LogP contribution in [-0.2, 0) is 6.42 Å². The van der Waals surface area contributed by atoms with E-state index in [2.05, 4.69) is 9.55 Å². The molecular formula is C15H18ClFN2. The fraction of sp³-hybridized carbons (Fsp3) is 0.533. The summed E-state index contributed by atoms with van der Waals surface area (Å²) < 4.78 is 15.6. The minimum atomic E-state index is -0.224. The van der Waals surface area contributed by atoms with E-state index in [9.17, 15) is 4.39 Å². The predicted octanol–water partition coefficient (Wildman–Crippen LogP) is 4.46. The van der Waals surface area contributed by atoms with Gasteiger partial charge in [-0.1, -0.05) is 19.3 Å². The average Bonchev–Trinajstić information content (AvgIpc) is 2.77. The summed E-state index contributed by atoms with van der Waals surface area (Å²) in [6, 6.07) is 5.40. The second-order valence-electron chi connectivity index (χ2n) is 5.26. The molecule has 3 rings (SSSR count). The van der Waals surface area contributed by atoms with Crippen LogP contribution in [0.4, 0.5) is 4.39 Å². The third-order valence-corrected chi connectivity index (χ3v) is 4.17. The number of fused-ring (bicyclic) bond motifs is 1. The number of aryl methyl sites for hydroxylation is 1. The molecule has 0 amide bonds. The van der Waals surface area contributed by atoms with Gasteiger partial charge in [-0.3, -0.25) is 0 Å². The first kappa shape index (κ1) is 12.9. The predicted molar refractivity (Wildman–Crippen MR) is 76.2 cm³/mol. The largest absolute Gasteiger partial charge is 0.325 e. The molecule has 1 fully saturated rings. The molecule has 2 aromatic rings. The van der Waals surface area contributed by atoms with Crippen molar-refractivity contribution in [1.82, 2.24) is 9.55 Å². The van der Waals surface area contributed by atoms with E-state index in [1.807, 2.05) is 6.07 Å². The number of hydrogen-bond acceptors (Lipinski definition) is 1. The zero-order valence-corrected chi connectivity index (χ0v) is 11.7. The summed E-state index contributed by atoms with van der Waals surface area (Å²) >= 11 is 5.88. The Morgan fingerprint density at radius 2 is 2.05 bits per heavy atom. The Labute approximate surface area is 117 Å². The van der Waals surface area contributed by atoms with E-state index in [1.54, 1.807) is 0 Å². The Hall–Kier alpha value is -1.09. The van der Waals surface area contributed by atoms with Gasteiger partial charge in [-0.05, 0) is 25.0 Å². The van der Waals surface area contributed by atoms with Crippen LogP contribution in [0.2, 0.25) is 0 Å². The van der Waals surface area contributed by atoms with Crippen LogP contribution in [0, 0.1) is 5.82 Å². The zero-order valence-electron chi connectivity index (χ0n) is 10.9. The quantitative estimate of drug-likeness (QED) is 0.759. The molecule has 0 bridgehead atoms. The fourth-order valence-corrected chi connectivity index (χ4v) is 3.30. The zero-order chi connectivity index (χ0) is 13.2. The van der Waals surface area contributed by atoms with Gasteiger partial charge >= 0.3 is 0 Å². The molecule has 4 heteroatoms. The van der Waals surface area contributed by atoms with E-state index < -0.39 is 0 Å². The minimum absolute atomic E-state index is 0.224. The lowest BCUT2D eigenvalue weighted by molar-refractivity contribution is 0.353. The van der Waals surface area contributed by atoms with Crippen LogP contribution in [0.5, 0.6) is 0 Å². The third-order valence-electron chi connectivity index (χ3n) is 3.98. The molecule has 102 valence electrons. The summed E-state index contributed by atoms with van der Waals surface area (Å²) in [7, 11) is 0. The van der Waals surface area contributed by atoms with Gasteiger partial charge in [0, 0.05) is 24.4 Å². The van der Waals surface area contributed by atoms with Crippen LogP contribution in [0.3, 0.4) is 0 Å². The Morgan fingerprint density at radius 1 is 1.26 bits per heavy atom. The molecule has 19 heavy (non-hydrogen) atoms. The lowest BCUT2D eigenvalue weighted by Gasteiger charge is -2.25. The Bertz CT molecular complexity index is 573. The first-order valence-electron chi connectivity index (χ1n) is 7.02. The molecule has 1 heterocycles. The van der Waals surface area contributed by atoms with Gasteiger partial charge in [-0.15, -0.1) is 11.6 Å². The fourth-order valence-electron chi connectivity index (χ4n) is 3.13. The van der Waals surface area contributed by atoms with Crippen LogP contribution < -0.4 is 0 Å². The van der Waals surface area contributed by atoms with Crippen LogP contribution >= 0.6 is 11.6 Å². The first-order chi connectivity index (χ1) is 9.29. The summed E-state index contributed by atoms with van der Waals surface area (Å²) in [5.41, 5.74) is 1.80. The van der Waals surface area contributed by atoms with Gasteiger partial charge in [0.2, 0.25) is 0 Å². The van der Waals surface area contributed by atoms with Crippen molar-refractivity contribution >= 4 is 22.6 Å². The van der Waals surface area contributed by atoms with Crippen molar-refractivity contribution in [3.63, 3.8) is 0 Å². The number of imidazole rings is 1. The number of nitrogens with zero attached hydrogens (tertiary/aromatic N) is 2. The smallest absolute Gasteiger partial charge is 0.125 e. The van der Waals surface area contributed by atoms with Crippen LogP contribution in [-0.4, -0.2) is 15.4 Å². The summed E-state index contributed by atoms with van der Waals surface area (Å²) in [5.74, 6) is 1.33. The highest BCUT2D eigenvalue weighted by Crippen LogP contribution is 2.32. The van der Waals surface area contributed by atoms with Crippen LogP contribution in [0.1, 0.15) is 44.0 Å². The van der Waals surface area contributed by atoms with Gasteiger partial charge in [0.1, 0.15) is 11.6 Å². The molecule has 0 unspecified atom stereocenters. The molecule has 2 nitrogen and oxygen atoms in total. The van der Waals surface area contributed by atoms with E-state index in [0.29, 0.717) is 11.9 Å². The number of benzene rings is 1. The number of hydrogen-bond donors (Lipinski definition) is 0. The Balaban J connectivity index is 2.09. The van der Waals surface area contributed by atoms with E-state index >= 15 is 0 Å². The Morgan fingerprint density at radius 3 is 2.79 bits per heavy atom. The van der Waals surface area contributed by atoms with Crippen LogP contribution in [0.25, 0.3) is 11.0 Å². The molecule has 0 aliphatic heterocycles. The highest BCUT2D eigenvalue weighted by molar-refractivity contribution is 6.17. The molecule has 0 atom stereocenters. The van der Waals surface area contributed by atoms with Gasteiger partial charge in [0.05, 0.1) is 11.0 Å². The lowest BCUT2D eigenvalue weighted by atomic mass is 9.95. The first-order valence-corrected chi connectivity index (χ1v) is 7.55. The number of alkyl halides is 1. The maximum Gasteiger partial charge on any atom is 0.125 e. The molecule has 1 aliphatic carbocycles. The molecule has 0 radical (unpaired) electrons. The lowest BCUT2D eigenvalue weighted by Crippen LogP contribution is -2.15. The highest BCUT2D eigenvalue weighted by atomic mass is 35.5. The number of rotatable bonds is 3. The van der Waals surface area contributed by atoms with Crippen molar-refractivity contribution in [3.8, 4) is 0 Å². The minimum Gasteiger partial charge on any atom is -0.325 e. The van der Waals surface area contributed by atoms with Gasteiger partial charge in [-0.25, -0.2) is 9.37 Å². The van der Waals surface area contributed by atoms with E-state index in [0.717, 1.165) is 23.3 Å².